The van der Waals surface area contributed by atoms with Gasteiger partial charge in [-0.15, -0.1) is 0 Å². The fraction of sp³-hybridized carbons (Fsp3) is 0.0833. The van der Waals surface area contributed by atoms with Gasteiger partial charge in [0, 0.05) is 19.6 Å². The highest BCUT2D eigenvalue weighted by molar-refractivity contribution is 9.10. The summed E-state index contributed by atoms with van der Waals surface area (Å²) in [6.07, 6.45) is 1.60. The van der Waals surface area contributed by atoms with Crippen molar-refractivity contribution in [2.45, 2.75) is 16.7 Å². The van der Waals surface area contributed by atoms with Crippen molar-refractivity contribution in [1.82, 2.24) is 5.43 Å². The highest BCUT2D eigenvalue weighted by atomic mass is 79.9. The van der Waals surface area contributed by atoms with Crippen molar-refractivity contribution in [3.8, 4) is 5.75 Å². The number of furan rings is 1. The third kappa shape index (κ3) is 5.18. The van der Waals surface area contributed by atoms with Gasteiger partial charge in [-0.05, 0) is 55.0 Å². The maximum Gasteiger partial charge on any atom is 0.307 e. The number of carbonyl (C=O) groups is 1. The highest BCUT2D eigenvalue weighted by Gasteiger charge is 2.15. The van der Waals surface area contributed by atoms with E-state index in [0.717, 1.165) is 20.3 Å². The van der Waals surface area contributed by atoms with Crippen LogP contribution in [0.25, 0.3) is 11.0 Å². The van der Waals surface area contributed by atoms with Crippen LogP contribution in [-0.4, -0.2) is 19.2 Å². The topological polar surface area (TPSA) is 63.8 Å². The summed E-state index contributed by atoms with van der Waals surface area (Å²) >= 11 is 5.11. The third-order valence-electron chi connectivity index (χ3n) is 4.51. The summed E-state index contributed by atoms with van der Waals surface area (Å²) in [5.41, 5.74) is 5.14. The van der Waals surface area contributed by atoms with Crippen LogP contribution >= 0.6 is 27.7 Å². The Morgan fingerprint density at radius 3 is 2.42 bits per heavy atom. The molecule has 0 aliphatic heterocycles. The standard InChI is InChI=1S/C24H19BrN2O3S/c1-15-3-7-19(8-4-15)31-20-9-5-16(6-10-20)14-26-27-24(28)22-12-17-11-18(25)13-21(29-2)23(17)30-22/h3-14H,1-2H3,(H,27,28)/b26-14-. The van der Waals surface area contributed by atoms with E-state index in [1.54, 1.807) is 37.2 Å². The van der Waals surface area contributed by atoms with E-state index >= 15 is 0 Å². The van der Waals surface area contributed by atoms with Gasteiger partial charge in [0.2, 0.25) is 0 Å². The van der Waals surface area contributed by atoms with E-state index in [4.69, 9.17) is 9.15 Å². The number of fused-ring (bicyclic) bond motifs is 1. The van der Waals surface area contributed by atoms with Crippen molar-refractivity contribution >= 4 is 50.8 Å². The molecule has 0 aliphatic rings. The summed E-state index contributed by atoms with van der Waals surface area (Å²) in [5, 5.41) is 4.81. The zero-order chi connectivity index (χ0) is 21.8. The van der Waals surface area contributed by atoms with Crippen LogP contribution in [-0.2, 0) is 0 Å². The van der Waals surface area contributed by atoms with E-state index in [2.05, 4.69) is 57.6 Å². The predicted molar refractivity (Wildman–Crippen MR) is 127 cm³/mol. The molecule has 0 radical (unpaired) electrons. The Hall–Kier alpha value is -3.03. The van der Waals surface area contributed by atoms with Gasteiger partial charge in [-0.3, -0.25) is 4.79 Å². The first kappa shape index (κ1) is 21.2. The van der Waals surface area contributed by atoms with Gasteiger partial charge in [0.15, 0.2) is 17.1 Å². The zero-order valence-corrected chi connectivity index (χ0v) is 19.3. The molecule has 1 amide bonds. The number of methoxy groups -OCH3 is 1. The molecule has 0 saturated carbocycles. The van der Waals surface area contributed by atoms with E-state index in [0.29, 0.717) is 11.3 Å². The predicted octanol–water partition coefficient (Wildman–Crippen LogP) is 6.43. The Labute approximate surface area is 192 Å². The number of amides is 1. The van der Waals surface area contributed by atoms with Crippen LogP contribution in [0, 0.1) is 6.92 Å². The Bertz CT molecular complexity index is 1250. The van der Waals surface area contributed by atoms with Crippen molar-refractivity contribution < 1.29 is 13.9 Å². The second-order valence-corrected chi connectivity index (χ2v) is 8.88. The first-order valence-corrected chi connectivity index (χ1v) is 11.1. The van der Waals surface area contributed by atoms with E-state index in [9.17, 15) is 4.79 Å². The fourth-order valence-electron chi connectivity index (χ4n) is 2.93. The lowest BCUT2D eigenvalue weighted by molar-refractivity contribution is 0.0929. The van der Waals surface area contributed by atoms with Gasteiger partial charge in [0.25, 0.3) is 0 Å². The molecule has 0 fully saturated rings. The summed E-state index contributed by atoms with van der Waals surface area (Å²) in [7, 11) is 1.55. The molecule has 4 rings (SSSR count). The van der Waals surface area contributed by atoms with Crippen LogP contribution < -0.4 is 10.2 Å². The Kier molecular flexibility index (Phi) is 6.44. The summed E-state index contributed by atoms with van der Waals surface area (Å²) in [6.45, 7) is 2.07. The summed E-state index contributed by atoms with van der Waals surface area (Å²) in [6, 6.07) is 21.7. The summed E-state index contributed by atoms with van der Waals surface area (Å²) in [4.78, 5) is 14.7. The molecule has 1 N–H and O–H groups in total. The van der Waals surface area contributed by atoms with Crippen LogP contribution in [0.5, 0.6) is 5.75 Å². The number of aryl methyl sites for hydroxylation is 1. The van der Waals surface area contributed by atoms with Crippen LogP contribution in [0.15, 0.2) is 90.5 Å². The van der Waals surface area contributed by atoms with Crippen LogP contribution in [0.3, 0.4) is 0 Å². The quantitative estimate of drug-likeness (QED) is 0.248. The third-order valence-corrected chi connectivity index (χ3v) is 5.98. The van der Waals surface area contributed by atoms with Gasteiger partial charge in [-0.1, -0.05) is 57.5 Å². The molecule has 3 aromatic carbocycles. The molecule has 0 aliphatic carbocycles. The molecule has 156 valence electrons. The van der Waals surface area contributed by atoms with Gasteiger partial charge in [0.05, 0.1) is 13.3 Å². The minimum absolute atomic E-state index is 0.161. The second-order valence-electron chi connectivity index (χ2n) is 6.82. The lowest BCUT2D eigenvalue weighted by atomic mass is 10.2. The highest BCUT2D eigenvalue weighted by Crippen LogP contribution is 2.32. The number of hydrazone groups is 1. The zero-order valence-electron chi connectivity index (χ0n) is 16.9. The van der Waals surface area contributed by atoms with E-state index < -0.39 is 5.91 Å². The van der Waals surface area contributed by atoms with Crippen LogP contribution in [0.2, 0.25) is 0 Å². The average molecular weight is 495 g/mol. The molecule has 0 saturated heterocycles. The van der Waals surface area contributed by atoms with Gasteiger partial charge >= 0.3 is 5.91 Å². The van der Waals surface area contributed by atoms with Crippen LogP contribution in [0.4, 0.5) is 0 Å². The van der Waals surface area contributed by atoms with E-state index in [1.165, 1.54) is 10.5 Å². The minimum atomic E-state index is -0.433. The molecular weight excluding hydrogens is 476 g/mol. The number of halogens is 1. The number of nitrogens with zero attached hydrogens (tertiary/aromatic N) is 1. The van der Waals surface area contributed by atoms with Crippen molar-refractivity contribution in [3.63, 3.8) is 0 Å². The average Bonchev–Trinajstić information content (AvgIpc) is 3.20. The molecule has 0 spiro atoms. The molecule has 1 aromatic heterocycles. The maximum absolute atomic E-state index is 12.4. The second kappa shape index (κ2) is 9.41. The molecule has 1 heterocycles. The molecule has 7 heteroatoms. The molecule has 5 nitrogen and oxygen atoms in total. The van der Waals surface area contributed by atoms with Crippen molar-refractivity contribution in [2.75, 3.05) is 7.11 Å². The number of rotatable bonds is 6. The van der Waals surface area contributed by atoms with E-state index in [-0.39, 0.29) is 5.76 Å². The smallest absolute Gasteiger partial charge is 0.307 e. The Morgan fingerprint density at radius 1 is 1.06 bits per heavy atom. The summed E-state index contributed by atoms with van der Waals surface area (Å²) in [5.74, 6) is 0.279. The minimum Gasteiger partial charge on any atom is -0.493 e. The molecule has 0 atom stereocenters. The largest absolute Gasteiger partial charge is 0.493 e. The maximum atomic E-state index is 12.4. The lowest BCUT2D eigenvalue weighted by Crippen LogP contribution is -2.16. The number of carbonyl (C=O) groups excluding carboxylic acids is 1. The first-order chi connectivity index (χ1) is 15.0. The Balaban J connectivity index is 1.39. The number of ether oxygens (including phenoxy) is 1. The van der Waals surface area contributed by atoms with E-state index in [1.807, 2.05) is 30.3 Å². The summed E-state index contributed by atoms with van der Waals surface area (Å²) < 4.78 is 11.8. The lowest BCUT2D eigenvalue weighted by Gasteiger charge is -2.03. The number of hydrogen-bond donors (Lipinski definition) is 1. The Morgan fingerprint density at radius 2 is 1.74 bits per heavy atom. The van der Waals surface area contributed by atoms with Crippen LogP contribution in [0.1, 0.15) is 21.7 Å². The van der Waals surface area contributed by atoms with Gasteiger partial charge in [0.1, 0.15) is 0 Å². The van der Waals surface area contributed by atoms with Crippen molar-refractivity contribution in [3.05, 3.63) is 88.1 Å². The van der Waals surface area contributed by atoms with Gasteiger partial charge < -0.3 is 9.15 Å². The first-order valence-electron chi connectivity index (χ1n) is 9.47. The normalized spacial score (nSPS) is 11.2. The fourth-order valence-corrected chi connectivity index (χ4v) is 4.21. The van der Waals surface area contributed by atoms with Gasteiger partial charge in [-0.2, -0.15) is 5.10 Å². The molecule has 0 bridgehead atoms. The number of nitrogens with one attached hydrogen (secondary N) is 1. The van der Waals surface area contributed by atoms with Crippen molar-refractivity contribution in [2.24, 2.45) is 5.10 Å². The molecule has 0 unspecified atom stereocenters. The molecule has 4 aromatic rings. The monoisotopic (exact) mass is 494 g/mol. The molecular formula is C24H19BrN2O3S. The number of benzene rings is 3. The van der Waals surface area contributed by atoms with Crippen molar-refractivity contribution in [1.29, 1.82) is 0 Å². The molecule has 31 heavy (non-hydrogen) atoms. The SMILES string of the molecule is COc1cc(Br)cc2cc(C(=O)N/N=C\c3ccc(Sc4ccc(C)cc4)cc3)oc12. The van der Waals surface area contributed by atoms with Gasteiger partial charge in [-0.25, -0.2) is 5.43 Å². The number of hydrogen-bond acceptors (Lipinski definition) is 5.